The summed E-state index contributed by atoms with van der Waals surface area (Å²) in [5, 5.41) is 3.47. The second kappa shape index (κ2) is 14.6. The van der Waals surface area contributed by atoms with Crippen LogP contribution in [0.3, 0.4) is 0 Å². The summed E-state index contributed by atoms with van der Waals surface area (Å²) in [4.78, 5) is 21.3. The van der Waals surface area contributed by atoms with Gasteiger partial charge >= 0.3 is 6.09 Å². The average molecular weight is 565 g/mol. The number of aliphatic imine (C=N–C) groups is 1. The average Bonchev–Trinajstić information content (AvgIpc) is 3.23. The smallest absolute Gasteiger partial charge is 0.410 e. The Balaban J connectivity index is 0.00000512. The monoisotopic (exact) mass is 564 g/mol. The van der Waals surface area contributed by atoms with Crippen molar-refractivity contribution >= 4 is 36.0 Å². The summed E-state index contributed by atoms with van der Waals surface area (Å²) in [6.07, 6.45) is 4.32. The fraction of sp³-hybridized carbons (Fsp3) is 0.739. The molecule has 9 heteroatoms. The van der Waals surface area contributed by atoms with Gasteiger partial charge in [-0.3, -0.25) is 4.99 Å². The van der Waals surface area contributed by atoms with Crippen LogP contribution in [0.25, 0.3) is 0 Å². The number of guanidine groups is 1. The third kappa shape index (κ3) is 10.4. The van der Waals surface area contributed by atoms with E-state index in [4.69, 9.17) is 18.9 Å². The predicted octanol–water partition coefficient (Wildman–Crippen LogP) is 4.00. The molecule has 2 heterocycles. The van der Waals surface area contributed by atoms with Crippen molar-refractivity contribution in [2.45, 2.75) is 52.6 Å². The number of methoxy groups -OCH3 is 1. The third-order valence-electron chi connectivity index (χ3n) is 5.22. The van der Waals surface area contributed by atoms with Crippen LogP contribution in [0, 0.1) is 5.92 Å². The molecule has 1 amide bonds. The molecule has 8 nitrogen and oxygen atoms in total. The first-order chi connectivity index (χ1) is 14.8. The van der Waals surface area contributed by atoms with Gasteiger partial charge in [0.25, 0.3) is 0 Å². The zero-order valence-corrected chi connectivity index (χ0v) is 22.6. The van der Waals surface area contributed by atoms with Gasteiger partial charge in [0.2, 0.25) is 0 Å². The van der Waals surface area contributed by atoms with Crippen molar-refractivity contribution in [3.05, 3.63) is 24.2 Å². The Bertz CT molecular complexity index is 668. The van der Waals surface area contributed by atoms with E-state index in [0.717, 1.165) is 57.2 Å². The van der Waals surface area contributed by atoms with E-state index >= 15 is 0 Å². The molecule has 0 atom stereocenters. The van der Waals surface area contributed by atoms with Crippen molar-refractivity contribution in [1.82, 2.24) is 15.1 Å². The number of nitrogens with zero attached hydrogens (tertiary/aromatic N) is 3. The number of nitrogens with one attached hydrogen (secondary N) is 1. The lowest BCUT2D eigenvalue weighted by Crippen LogP contribution is -2.48. The van der Waals surface area contributed by atoms with Crippen LogP contribution >= 0.6 is 24.0 Å². The maximum atomic E-state index is 12.4. The van der Waals surface area contributed by atoms with Crippen LogP contribution in [0.5, 0.6) is 0 Å². The molecule has 0 radical (unpaired) electrons. The van der Waals surface area contributed by atoms with E-state index in [1.165, 1.54) is 0 Å². The molecule has 1 aromatic heterocycles. The lowest BCUT2D eigenvalue weighted by molar-refractivity contribution is 0.0214. The predicted molar refractivity (Wildman–Crippen MR) is 138 cm³/mol. The largest absolute Gasteiger partial charge is 0.469 e. The minimum Gasteiger partial charge on any atom is -0.469 e. The highest BCUT2D eigenvalue weighted by Crippen LogP contribution is 2.20. The summed E-state index contributed by atoms with van der Waals surface area (Å²) in [6, 6.07) is 3.89. The van der Waals surface area contributed by atoms with E-state index in [1.807, 2.05) is 44.7 Å². The van der Waals surface area contributed by atoms with Crippen molar-refractivity contribution in [3.8, 4) is 0 Å². The van der Waals surface area contributed by atoms with E-state index in [0.29, 0.717) is 25.6 Å². The maximum absolute atomic E-state index is 12.4. The highest BCUT2D eigenvalue weighted by molar-refractivity contribution is 14.0. The number of piperidine rings is 1. The first kappa shape index (κ1) is 28.5. The highest BCUT2D eigenvalue weighted by atomic mass is 127. The standard InChI is InChI=1S/C23H40N4O4.HI/c1-6-26(22(28)31-23(2,3)4)18-19-10-14-27(15-11-19)21(25-13-17-29-5)24-12-9-20-8-7-16-30-20;/h7-8,16,19H,6,9-15,17-18H2,1-5H3,(H,24,25);1H. The Labute approximate surface area is 210 Å². The summed E-state index contributed by atoms with van der Waals surface area (Å²) in [6.45, 7) is 12.9. The molecule has 1 N–H and O–H groups in total. The Morgan fingerprint density at radius 2 is 2.06 bits per heavy atom. The zero-order valence-electron chi connectivity index (χ0n) is 20.3. The molecule has 1 fully saturated rings. The molecular weight excluding hydrogens is 523 g/mol. The maximum Gasteiger partial charge on any atom is 0.410 e. The van der Waals surface area contributed by atoms with E-state index in [2.05, 4.69) is 10.2 Å². The number of hydrogen-bond donors (Lipinski definition) is 1. The first-order valence-corrected chi connectivity index (χ1v) is 11.3. The molecule has 1 aromatic rings. The fourth-order valence-electron chi connectivity index (χ4n) is 3.56. The first-order valence-electron chi connectivity index (χ1n) is 11.3. The quantitative estimate of drug-likeness (QED) is 0.212. The molecule has 0 bridgehead atoms. The van der Waals surface area contributed by atoms with E-state index < -0.39 is 5.60 Å². The number of furan rings is 1. The minimum absolute atomic E-state index is 0. The molecule has 0 spiro atoms. The third-order valence-corrected chi connectivity index (χ3v) is 5.22. The second-order valence-corrected chi connectivity index (χ2v) is 8.90. The summed E-state index contributed by atoms with van der Waals surface area (Å²) in [5.41, 5.74) is -0.469. The molecule has 2 rings (SSSR count). The number of ether oxygens (including phenoxy) is 2. The number of halogens is 1. The number of likely N-dealkylation sites (tertiary alicyclic amines) is 1. The van der Waals surface area contributed by atoms with Crippen molar-refractivity contribution in [1.29, 1.82) is 0 Å². The van der Waals surface area contributed by atoms with Crippen LogP contribution in [0.1, 0.15) is 46.3 Å². The topological polar surface area (TPSA) is 79.5 Å². The van der Waals surface area contributed by atoms with Gasteiger partial charge in [0.1, 0.15) is 11.4 Å². The minimum atomic E-state index is -0.469. The van der Waals surface area contributed by atoms with Gasteiger partial charge in [-0.25, -0.2) is 4.79 Å². The second-order valence-electron chi connectivity index (χ2n) is 8.90. The summed E-state index contributed by atoms with van der Waals surface area (Å²) in [7, 11) is 1.69. The van der Waals surface area contributed by atoms with Crippen molar-refractivity contribution in [3.63, 3.8) is 0 Å². The van der Waals surface area contributed by atoms with Gasteiger partial charge < -0.3 is 29.0 Å². The van der Waals surface area contributed by atoms with Gasteiger partial charge in [-0.1, -0.05) is 0 Å². The van der Waals surface area contributed by atoms with E-state index in [1.54, 1.807) is 13.4 Å². The van der Waals surface area contributed by atoms with Crippen molar-refractivity contribution < 1.29 is 18.7 Å². The number of rotatable bonds is 9. The molecule has 1 aliphatic heterocycles. The SMILES string of the molecule is CCN(CC1CCN(C(=NCCOC)NCCc2ccco2)CC1)C(=O)OC(C)(C)C.I. The molecule has 0 aliphatic carbocycles. The molecule has 0 aromatic carbocycles. The van der Waals surface area contributed by atoms with Crippen molar-refractivity contribution in [2.24, 2.45) is 10.9 Å². The van der Waals surface area contributed by atoms with Gasteiger partial charge in [-0.2, -0.15) is 0 Å². The molecule has 0 saturated carbocycles. The summed E-state index contributed by atoms with van der Waals surface area (Å²) >= 11 is 0. The highest BCUT2D eigenvalue weighted by Gasteiger charge is 2.27. The van der Waals surface area contributed by atoms with Gasteiger partial charge in [0.05, 0.1) is 19.4 Å². The summed E-state index contributed by atoms with van der Waals surface area (Å²) < 4.78 is 16.1. The molecule has 184 valence electrons. The van der Waals surface area contributed by atoms with Gasteiger partial charge in [-0.05, 0) is 58.6 Å². The Morgan fingerprint density at radius 1 is 1.34 bits per heavy atom. The lowest BCUT2D eigenvalue weighted by atomic mass is 9.96. The van der Waals surface area contributed by atoms with Crippen LogP contribution in [-0.2, 0) is 15.9 Å². The lowest BCUT2D eigenvalue weighted by Gasteiger charge is -2.36. The van der Waals surface area contributed by atoms with Gasteiger partial charge in [0.15, 0.2) is 5.96 Å². The Kier molecular flexibility index (Phi) is 13.0. The van der Waals surface area contributed by atoms with Crippen LogP contribution in [0.2, 0.25) is 0 Å². The number of carbonyl (C=O) groups is 1. The van der Waals surface area contributed by atoms with Crippen LogP contribution in [-0.4, -0.2) is 80.4 Å². The molecule has 1 aliphatic rings. The summed E-state index contributed by atoms with van der Waals surface area (Å²) in [5.74, 6) is 2.35. The number of hydrogen-bond acceptors (Lipinski definition) is 5. The Hall–Kier alpha value is -1.49. The number of amides is 1. The molecule has 0 unspecified atom stereocenters. The van der Waals surface area contributed by atoms with Crippen LogP contribution < -0.4 is 5.32 Å². The Morgan fingerprint density at radius 3 is 2.62 bits per heavy atom. The number of carbonyl (C=O) groups excluding carboxylic acids is 1. The molecular formula is C23H41IN4O4. The normalized spacial score (nSPS) is 15.3. The van der Waals surface area contributed by atoms with Gasteiger partial charge in [-0.15, -0.1) is 24.0 Å². The van der Waals surface area contributed by atoms with Crippen LogP contribution in [0.15, 0.2) is 27.8 Å². The zero-order chi connectivity index (χ0) is 22.7. The van der Waals surface area contributed by atoms with Crippen LogP contribution in [0.4, 0.5) is 4.79 Å². The van der Waals surface area contributed by atoms with Gasteiger partial charge in [0, 0.05) is 46.3 Å². The molecule has 1 saturated heterocycles. The van der Waals surface area contributed by atoms with E-state index in [-0.39, 0.29) is 30.1 Å². The fourth-order valence-corrected chi connectivity index (χ4v) is 3.56. The van der Waals surface area contributed by atoms with Crippen molar-refractivity contribution in [2.75, 3.05) is 53.0 Å². The molecule has 32 heavy (non-hydrogen) atoms. The van der Waals surface area contributed by atoms with E-state index in [9.17, 15) is 4.79 Å².